The van der Waals surface area contributed by atoms with Gasteiger partial charge in [-0.05, 0) is 32.1 Å². The average molecular weight is 1180 g/mol. The third kappa shape index (κ3) is 26.0. The molecule has 0 saturated carbocycles. The van der Waals surface area contributed by atoms with Crippen LogP contribution >= 0.6 is 0 Å². The zero-order valence-electron chi connectivity index (χ0n) is 45.1. The Morgan fingerprint density at radius 2 is 1.01 bits per heavy atom. The maximum absolute atomic E-state index is 14.4. The smallest absolute Gasteiger partial charge is 0.303 e. The summed E-state index contributed by atoms with van der Waals surface area (Å²) in [6, 6.07) is -13.7. The standard InChI is InChI=1S/C46H77N13O15S4/c1-22(2)14-28(40(70)57-30(16-33(48)61)42(72)53-26(36(49)66)10-12-34(62)63)55-43(73)31(18-60)58-44(74)32(20-78(76)46(7,8)9)59-41(71)29(15-24-17-50-21-51-24)56-39(69)27(11-13-35(64)65)54-37(67)23(3)52-38(68)25(47)19-77(75)45(4,5)6/h17,21-23,25-32,60H,10-16,18-20,47H2,1-9H3,(H2,48,61)(H2,49,66)(H,50,51)(H,52,68)(H,53,72)(H,54,67)(H,55,73)(H,56,69)(H,57,70)(H,58,74)(H,59,71)(H,62,63)(H,64,65)/t23-,25-,26-,27-,28-,29-,30?,31-,32-,77?,78?/m0/s1. The lowest BCUT2D eigenvalue weighted by Crippen LogP contribution is -2.62. The van der Waals surface area contributed by atoms with Crippen LogP contribution in [-0.2, 0) is 105 Å². The minimum absolute atomic E-state index is 0.122. The zero-order chi connectivity index (χ0) is 60.0. The molecule has 28 nitrogen and oxygen atoms in total. The van der Waals surface area contributed by atoms with Crippen LogP contribution in [0.4, 0.5) is 0 Å². The highest BCUT2D eigenvalue weighted by Crippen LogP contribution is 2.15. The van der Waals surface area contributed by atoms with Gasteiger partial charge in [-0.15, -0.1) is 18.9 Å². The maximum atomic E-state index is 14.4. The molecular formula is C46H77N13O15S4. The summed E-state index contributed by atoms with van der Waals surface area (Å²) >= 11 is 11.2. The number of imidazole rings is 1. The Kier molecular flexibility index (Phi) is 29.3. The summed E-state index contributed by atoms with van der Waals surface area (Å²) in [5.74, 6) is -13.3. The molecule has 0 aliphatic rings. The first-order chi connectivity index (χ1) is 36.0. The van der Waals surface area contributed by atoms with Crippen molar-refractivity contribution in [3.63, 3.8) is 0 Å². The number of nitrogens with zero attached hydrogens (tertiary/aromatic N) is 1. The zero-order valence-corrected chi connectivity index (χ0v) is 48.3. The van der Waals surface area contributed by atoms with Gasteiger partial charge < -0.3 is 80.0 Å². The fourth-order valence-electron chi connectivity index (χ4n) is 6.61. The quantitative estimate of drug-likeness (QED) is 0.0307. The highest BCUT2D eigenvalue weighted by atomic mass is 32.8. The number of nitrogens with two attached hydrogens (primary N) is 3. The normalized spacial score (nSPS) is 15.8. The van der Waals surface area contributed by atoms with Crippen LogP contribution in [-0.4, -0.2) is 178 Å². The van der Waals surface area contributed by atoms with E-state index in [4.69, 9.17) is 44.7 Å². The Bertz CT molecular complexity index is 2360. The predicted octanol–water partition coefficient (Wildman–Crippen LogP) is -4.94. The van der Waals surface area contributed by atoms with Crippen molar-refractivity contribution in [3.8, 4) is 0 Å². The van der Waals surface area contributed by atoms with E-state index in [2.05, 4.69) is 52.5 Å². The Hall–Kier alpha value is -6.09. The molecule has 11 atom stereocenters. The average Bonchev–Trinajstić information content (AvgIpc) is 3.84. The molecule has 0 radical (unpaired) electrons. The molecule has 440 valence electrons. The number of carbonyl (C=O) groups is 12. The molecule has 32 heteroatoms. The number of carbonyl (C=O) groups excluding carboxylic acids is 10. The molecule has 0 bridgehead atoms. The predicted molar refractivity (Wildman–Crippen MR) is 293 cm³/mol. The van der Waals surface area contributed by atoms with Crippen LogP contribution in [0.25, 0.3) is 0 Å². The van der Waals surface area contributed by atoms with Gasteiger partial charge in [0.1, 0.15) is 48.3 Å². The molecule has 0 fully saturated rings. The molecule has 1 rings (SSSR count). The summed E-state index contributed by atoms with van der Waals surface area (Å²) < 4.78 is -0.971. The number of aliphatic hydroxyl groups excluding tert-OH is 1. The molecule has 1 heterocycles. The summed E-state index contributed by atoms with van der Waals surface area (Å²) in [4.78, 5) is 163. The van der Waals surface area contributed by atoms with E-state index in [0.717, 1.165) is 0 Å². The van der Waals surface area contributed by atoms with Gasteiger partial charge in [-0.25, -0.2) is 4.98 Å². The van der Waals surface area contributed by atoms with Crippen molar-refractivity contribution in [2.75, 3.05) is 18.1 Å². The number of primary amides is 2. The van der Waals surface area contributed by atoms with Crippen LogP contribution in [0.1, 0.15) is 107 Å². The van der Waals surface area contributed by atoms with Crippen LogP contribution < -0.4 is 59.7 Å². The van der Waals surface area contributed by atoms with E-state index in [1.807, 2.05) is 20.8 Å². The van der Waals surface area contributed by atoms with E-state index in [9.17, 15) is 67.7 Å². The number of aliphatic carboxylic acids is 2. The first-order valence-electron chi connectivity index (χ1n) is 24.5. The number of aromatic amines is 1. The SMILES string of the molecule is CC(C)C[C@H](NC(=O)[C@H](CO)NC(=O)[C@H](CS(=S)C(C)(C)C)NC(=O)[C@H](Cc1c[nH]cn1)NC(=O)[C@H](CCC(=O)O)NC(=O)[C@H](C)NC(=O)[C@@H](N)CS(=S)C(C)(C)C)C(=O)NC(CC(N)=O)C(=O)N[C@@H](CCC(=O)O)C(N)=O. The Balaban J connectivity index is 3.54. The summed E-state index contributed by atoms with van der Waals surface area (Å²) in [6.07, 6.45) is -0.708. The number of H-pyrrole nitrogens is 1. The second kappa shape index (κ2) is 32.7. The van der Waals surface area contributed by atoms with Crippen LogP contribution in [0.5, 0.6) is 0 Å². The minimum atomic E-state index is -1.82. The maximum Gasteiger partial charge on any atom is 0.303 e. The van der Waals surface area contributed by atoms with E-state index < -0.39 is 188 Å². The van der Waals surface area contributed by atoms with Crippen LogP contribution in [0, 0.1) is 5.92 Å². The molecule has 0 saturated heterocycles. The number of rotatable bonds is 34. The fraction of sp³-hybridized carbons (Fsp3) is 0.674. The van der Waals surface area contributed by atoms with Crippen LogP contribution in [0.15, 0.2) is 12.5 Å². The largest absolute Gasteiger partial charge is 0.481 e. The van der Waals surface area contributed by atoms with E-state index in [0.29, 0.717) is 0 Å². The topological polar surface area (TPSA) is 469 Å². The summed E-state index contributed by atoms with van der Waals surface area (Å²) in [5, 5.41) is 48.2. The third-order valence-corrected chi connectivity index (χ3v) is 19.0. The van der Waals surface area contributed by atoms with Crippen molar-refractivity contribution >= 4 is 112 Å². The van der Waals surface area contributed by atoms with Gasteiger partial charge in [0, 0.05) is 46.5 Å². The van der Waals surface area contributed by atoms with Gasteiger partial charge in [0.25, 0.3) is 0 Å². The van der Waals surface area contributed by atoms with Crippen LogP contribution in [0.3, 0.4) is 0 Å². The van der Waals surface area contributed by atoms with Crippen molar-refractivity contribution in [2.45, 2.75) is 171 Å². The van der Waals surface area contributed by atoms with Crippen molar-refractivity contribution in [3.05, 3.63) is 18.2 Å². The van der Waals surface area contributed by atoms with Crippen LogP contribution in [0.2, 0.25) is 0 Å². The third-order valence-electron chi connectivity index (χ3n) is 11.1. The Labute approximate surface area is 466 Å². The number of nitrogens with one attached hydrogen (secondary N) is 9. The van der Waals surface area contributed by atoms with Gasteiger partial charge >= 0.3 is 11.9 Å². The molecule has 18 N–H and O–H groups in total. The van der Waals surface area contributed by atoms with Crippen molar-refractivity contribution in [1.29, 1.82) is 0 Å². The Morgan fingerprint density at radius 1 is 0.590 bits per heavy atom. The molecule has 10 amide bonds. The second-order valence-corrected chi connectivity index (χ2v) is 27.4. The number of aromatic nitrogens is 2. The number of carboxylic acids is 2. The first kappa shape index (κ1) is 69.9. The summed E-state index contributed by atoms with van der Waals surface area (Å²) in [7, 11) is -1.80. The molecule has 0 aliphatic heterocycles. The van der Waals surface area contributed by atoms with Gasteiger partial charge in [-0.1, -0.05) is 77.8 Å². The molecule has 0 aliphatic carbocycles. The van der Waals surface area contributed by atoms with Gasteiger partial charge in [-0.2, -0.15) is 0 Å². The van der Waals surface area contributed by atoms with Gasteiger partial charge in [0.05, 0.1) is 31.1 Å². The van der Waals surface area contributed by atoms with Crippen molar-refractivity contribution < 1.29 is 72.9 Å². The van der Waals surface area contributed by atoms with Gasteiger partial charge in [0.15, 0.2) is 0 Å². The van der Waals surface area contributed by atoms with E-state index in [1.165, 1.54) is 19.4 Å². The Morgan fingerprint density at radius 3 is 1.50 bits per heavy atom. The lowest BCUT2D eigenvalue weighted by Gasteiger charge is -2.29. The van der Waals surface area contributed by atoms with Crippen molar-refractivity contribution in [2.24, 2.45) is 23.1 Å². The summed E-state index contributed by atoms with van der Waals surface area (Å²) in [5.41, 5.74) is 17.0. The highest BCUT2D eigenvalue weighted by Gasteiger charge is 2.37. The highest BCUT2D eigenvalue weighted by molar-refractivity contribution is 8.29. The van der Waals surface area contributed by atoms with Crippen molar-refractivity contribution in [1.82, 2.24) is 52.5 Å². The number of amides is 10. The van der Waals surface area contributed by atoms with Gasteiger partial charge in [-0.3, -0.25) is 57.5 Å². The number of hydrogen-bond acceptors (Lipinski definition) is 17. The first-order valence-corrected chi connectivity index (χ1v) is 29.2. The minimum Gasteiger partial charge on any atom is -0.481 e. The van der Waals surface area contributed by atoms with Gasteiger partial charge in [0.2, 0.25) is 59.1 Å². The lowest BCUT2D eigenvalue weighted by molar-refractivity contribution is -0.139. The second-order valence-electron chi connectivity index (χ2n) is 20.5. The molecular weight excluding hydrogens is 1100 g/mol. The number of hydrogen-bond donors (Lipinski definition) is 15. The molecule has 3 unspecified atom stereocenters. The fourth-order valence-corrected chi connectivity index (χ4v) is 9.47. The number of carboxylic acid groups (broad SMARTS) is 2. The monoisotopic (exact) mass is 1180 g/mol. The summed E-state index contributed by atoms with van der Waals surface area (Å²) in [6.45, 7) is 14.6. The molecule has 1 aromatic heterocycles. The lowest BCUT2D eigenvalue weighted by atomic mass is 10.0. The molecule has 78 heavy (non-hydrogen) atoms. The van der Waals surface area contributed by atoms with E-state index >= 15 is 0 Å². The molecule has 0 aromatic carbocycles. The van der Waals surface area contributed by atoms with E-state index in [1.54, 1.807) is 34.6 Å². The molecule has 0 spiro atoms. The van der Waals surface area contributed by atoms with E-state index in [-0.39, 0.29) is 40.7 Å². The number of aliphatic hydroxyl groups is 1. The molecule has 1 aromatic rings.